The van der Waals surface area contributed by atoms with Gasteiger partial charge in [-0.25, -0.2) is 0 Å². The lowest BCUT2D eigenvalue weighted by molar-refractivity contribution is 0.0228. The van der Waals surface area contributed by atoms with Gasteiger partial charge in [0.25, 0.3) is 0 Å². The maximum atomic E-state index is 12.8. The van der Waals surface area contributed by atoms with Crippen molar-refractivity contribution < 1.29 is 23.9 Å². The Hall–Kier alpha value is -3.34. The Morgan fingerprint density at radius 3 is 1.62 bits per heavy atom. The molecule has 26 heavy (non-hydrogen) atoms. The van der Waals surface area contributed by atoms with Crippen molar-refractivity contribution in [3.8, 4) is 0 Å². The molecular formula is C21H14O5. The summed E-state index contributed by atoms with van der Waals surface area (Å²) in [6.07, 6.45) is 0. The number of hydrogen-bond acceptors (Lipinski definition) is 5. The van der Waals surface area contributed by atoms with Gasteiger partial charge in [0, 0.05) is 27.8 Å². The second-order valence-electron chi connectivity index (χ2n) is 6.50. The van der Waals surface area contributed by atoms with Gasteiger partial charge in [-0.2, -0.15) is 0 Å². The number of carbonyl (C=O) groups is 4. The second-order valence-corrected chi connectivity index (χ2v) is 6.50. The van der Waals surface area contributed by atoms with Crippen molar-refractivity contribution in [3.63, 3.8) is 0 Å². The maximum Gasteiger partial charge on any atom is 0.231 e. The van der Waals surface area contributed by atoms with Crippen LogP contribution in [0.4, 0.5) is 0 Å². The van der Waals surface area contributed by atoms with Gasteiger partial charge in [0.05, 0.1) is 0 Å². The molecule has 0 spiro atoms. The van der Waals surface area contributed by atoms with Crippen LogP contribution in [0.15, 0.2) is 59.9 Å². The summed E-state index contributed by atoms with van der Waals surface area (Å²) in [5.74, 6) is -2.13. The fourth-order valence-electron chi connectivity index (χ4n) is 3.39. The summed E-state index contributed by atoms with van der Waals surface area (Å²) in [4.78, 5) is 51.0. The van der Waals surface area contributed by atoms with Gasteiger partial charge >= 0.3 is 0 Å². The highest BCUT2D eigenvalue weighted by Crippen LogP contribution is 2.37. The maximum absolute atomic E-state index is 12.8. The molecule has 0 fully saturated rings. The van der Waals surface area contributed by atoms with Crippen molar-refractivity contribution in [3.05, 3.63) is 82.1 Å². The van der Waals surface area contributed by atoms with Gasteiger partial charge in [0.1, 0.15) is 0 Å². The summed E-state index contributed by atoms with van der Waals surface area (Å²) in [6.45, 7) is 2.81. The number of ketones is 4. The molecule has 0 aromatic heterocycles. The Labute approximate surface area is 149 Å². The van der Waals surface area contributed by atoms with Crippen molar-refractivity contribution in [2.75, 3.05) is 0 Å². The van der Waals surface area contributed by atoms with Gasteiger partial charge in [-0.15, -0.1) is 0 Å². The molecule has 2 aliphatic carbocycles. The molecule has 0 atom stereocenters. The summed E-state index contributed by atoms with van der Waals surface area (Å²) in [7, 11) is 0. The molecule has 0 saturated carbocycles. The molecule has 0 heterocycles. The first kappa shape index (κ1) is 16.1. The Morgan fingerprint density at radius 1 is 0.692 bits per heavy atom. The van der Waals surface area contributed by atoms with Crippen molar-refractivity contribution in [1.82, 2.24) is 0 Å². The van der Waals surface area contributed by atoms with E-state index in [9.17, 15) is 19.2 Å². The second kappa shape index (κ2) is 5.33. The summed E-state index contributed by atoms with van der Waals surface area (Å²) >= 11 is 0. The molecule has 0 N–H and O–H groups in total. The minimum absolute atomic E-state index is 0.0893. The van der Waals surface area contributed by atoms with Crippen molar-refractivity contribution in [2.45, 2.75) is 19.4 Å². The van der Waals surface area contributed by atoms with Crippen molar-refractivity contribution >= 4 is 23.1 Å². The summed E-state index contributed by atoms with van der Waals surface area (Å²) < 4.78 is 5.71. The average Bonchev–Trinajstić information content (AvgIpc) is 2.85. The van der Waals surface area contributed by atoms with Crippen LogP contribution in [0.2, 0.25) is 0 Å². The monoisotopic (exact) mass is 346 g/mol. The predicted molar refractivity (Wildman–Crippen MR) is 92.4 cm³/mol. The van der Waals surface area contributed by atoms with Crippen LogP contribution in [-0.4, -0.2) is 28.7 Å². The van der Waals surface area contributed by atoms with E-state index in [2.05, 4.69) is 0 Å². The first-order chi connectivity index (χ1) is 12.4. The predicted octanol–water partition coefficient (Wildman–Crippen LogP) is 3.19. The molecule has 5 nitrogen and oxygen atoms in total. The van der Waals surface area contributed by atoms with Gasteiger partial charge in [-0.1, -0.05) is 48.5 Å². The highest BCUT2D eigenvalue weighted by Gasteiger charge is 2.53. The van der Waals surface area contributed by atoms with Gasteiger partial charge in [-0.3, -0.25) is 19.2 Å². The summed E-state index contributed by atoms with van der Waals surface area (Å²) in [5.41, 5.74) is -0.757. The normalized spacial score (nSPS) is 18.1. The zero-order valence-electron chi connectivity index (χ0n) is 14.2. The van der Waals surface area contributed by atoms with E-state index in [1.54, 1.807) is 42.5 Å². The van der Waals surface area contributed by atoms with E-state index in [1.807, 2.05) is 0 Å². The standard InChI is InChI=1S/C21H14O5/c1-11-16(22)12-7-3-4-8-13(12)17(23)18(11)26-21(2)19(24)14-9-5-6-10-15(14)20(21)25/h3-10H,1-2H3. The molecule has 2 aliphatic rings. The molecule has 5 heteroatoms. The van der Waals surface area contributed by atoms with E-state index in [1.165, 1.54) is 19.9 Å². The molecule has 0 radical (unpaired) electrons. The number of carbonyl (C=O) groups excluding carboxylic acids is 4. The molecule has 0 bridgehead atoms. The third kappa shape index (κ3) is 1.97. The molecule has 128 valence electrons. The van der Waals surface area contributed by atoms with Gasteiger partial charge in [0.2, 0.25) is 23.0 Å². The molecule has 0 aliphatic heterocycles. The SMILES string of the molecule is CC1=C(OC2(C)C(=O)c3ccccc3C2=O)C(=O)c2ccccc2C1=O. The lowest BCUT2D eigenvalue weighted by Crippen LogP contribution is -2.42. The van der Waals surface area contributed by atoms with Crippen LogP contribution in [0.5, 0.6) is 0 Å². The third-order valence-electron chi connectivity index (χ3n) is 4.89. The van der Waals surface area contributed by atoms with Crippen LogP contribution in [0.25, 0.3) is 0 Å². The Balaban J connectivity index is 1.80. The number of allylic oxidation sites excluding steroid dienone is 2. The third-order valence-corrected chi connectivity index (χ3v) is 4.89. The Kier molecular flexibility index (Phi) is 3.31. The smallest absolute Gasteiger partial charge is 0.231 e. The zero-order valence-corrected chi connectivity index (χ0v) is 14.2. The number of ether oxygens (including phenoxy) is 1. The fraction of sp³-hybridized carbons (Fsp3) is 0.143. The highest BCUT2D eigenvalue weighted by atomic mass is 16.5. The van der Waals surface area contributed by atoms with Crippen LogP contribution in [-0.2, 0) is 4.74 Å². The topological polar surface area (TPSA) is 77.5 Å². The molecular weight excluding hydrogens is 332 g/mol. The van der Waals surface area contributed by atoms with Crippen LogP contribution in [0.3, 0.4) is 0 Å². The van der Waals surface area contributed by atoms with Crippen molar-refractivity contribution in [1.29, 1.82) is 0 Å². The Bertz CT molecular complexity index is 1020. The number of fused-ring (bicyclic) bond motifs is 2. The highest BCUT2D eigenvalue weighted by molar-refractivity contribution is 6.32. The van der Waals surface area contributed by atoms with E-state index in [-0.39, 0.29) is 33.8 Å². The lowest BCUT2D eigenvalue weighted by atomic mass is 9.88. The van der Waals surface area contributed by atoms with Crippen molar-refractivity contribution in [2.24, 2.45) is 0 Å². The van der Waals surface area contributed by atoms with Crippen LogP contribution >= 0.6 is 0 Å². The molecule has 2 aromatic rings. The van der Waals surface area contributed by atoms with E-state index < -0.39 is 23.0 Å². The van der Waals surface area contributed by atoms with E-state index in [4.69, 9.17) is 4.74 Å². The van der Waals surface area contributed by atoms with Gasteiger partial charge in [0.15, 0.2) is 11.5 Å². The zero-order chi connectivity index (χ0) is 18.6. The Morgan fingerprint density at radius 2 is 1.12 bits per heavy atom. The largest absolute Gasteiger partial charge is 0.467 e. The fourth-order valence-corrected chi connectivity index (χ4v) is 3.39. The minimum Gasteiger partial charge on any atom is -0.467 e. The van der Waals surface area contributed by atoms with E-state index >= 15 is 0 Å². The summed E-state index contributed by atoms with van der Waals surface area (Å²) in [6, 6.07) is 12.8. The first-order valence-electron chi connectivity index (χ1n) is 8.13. The van der Waals surface area contributed by atoms with Crippen LogP contribution in [0.1, 0.15) is 55.3 Å². The minimum atomic E-state index is -1.86. The lowest BCUT2D eigenvalue weighted by Gasteiger charge is -2.27. The number of Topliss-reactive ketones (excluding diaryl/α,β-unsaturated/α-hetero) is 4. The molecule has 4 rings (SSSR count). The van der Waals surface area contributed by atoms with E-state index in [0.717, 1.165) is 0 Å². The van der Waals surface area contributed by atoms with Gasteiger partial charge in [-0.05, 0) is 13.8 Å². The quantitative estimate of drug-likeness (QED) is 0.781. The molecule has 0 unspecified atom stereocenters. The summed E-state index contributed by atoms with van der Waals surface area (Å²) in [5, 5.41) is 0. The molecule has 0 amide bonds. The molecule has 2 aromatic carbocycles. The number of hydrogen-bond donors (Lipinski definition) is 0. The number of benzene rings is 2. The van der Waals surface area contributed by atoms with Gasteiger partial charge < -0.3 is 4.74 Å². The number of rotatable bonds is 2. The molecule has 0 saturated heterocycles. The van der Waals surface area contributed by atoms with Crippen LogP contribution in [0, 0.1) is 0 Å². The van der Waals surface area contributed by atoms with Crippen LogP contribution < -0.4 is 0 Å². The first-order valence-corrected chi connectivity index (χ1v) is 8.13. The average molecular weight is 346 g/mol. The van der Waals surface area contributed by atoms with E-state index in [0.29, 0.717) is 5.56 Å².